The molecule has 0 bridgehead atoms. The van der Waals surface area contributed by atoms with Crippen molar-refractivity contribution in [1.29, 1.82) is 0 Å². The minimum Gasteiger partial charge on any atom is -0.382 e. The van der Waals surface area contributed by atoms with E-state index in [1.807, 2.05) is 0 Å². The van der Waals surface area contributed by atoms with Gasteiger partial charge in [0.1, 0.15) is 6.23 Å². The maximum atomic E-state index is 12.0. The largest absolute Gasteiger partial charge is 0.382 e. The molecule has 0 aromatic carbocycles. The summed E-state index contributed by atoms with van der Waals surface area (Å²) in [7, 11) is 3.11. The van der Waals surface area contributed by atoms with Gasteiger partial charge >= 0.3 is 5.69 Å². The molecule has 6 nitrogen and oxygen atoms in total. The van der Waals surface area contributed by atoms with Gasteiger partial charge in [0.05, 0.1) is 12.7 Å². The maximum absolute atomic E-state index is 12.0. The first kappa shape index (κ1) is 13.0. The number of ether oxygens (including phenoxy) is 2. The molecule has 1 fully saturated rings. The van der Waals surface area contributed by atoms with Crippen molar-refractivity contribution in [3.05, 3.63) is 32.6 Å². The fourth-order valence-electron chi connectivity index (χ4n) is 2.25. The van der Waals surface area contributed by atoms with Crippen LogP contribution in [0.1, 0.15) is 24.6 Å². The average molecular weight is 254 g/mol. The lowest BCUT2D eigenvalue weighted by Gasteiger charge is -2.17. The van der Waals surface area contributed by atoms with E-state index in [4.69, 9.17) is 9.47 Å². The Balaban J connectivity index is 2.31. The van der Waals surface area contributed by atoms with Gasteiger partial charge < -0.3 is 9.47 Å². The molecule has 1 aromatic heterocycles. The minimum absolute atomic E-state index is 0.0180. The van der Waals surface area contributed by atoms with Crippen molar-refractivity contribution in [2.45, 2.75) is 32.1 Å². The average Bonchev–Trinajstić information content (AvgIpc) is 2.80. The summed E-state index contributed by atoms with van der Waals surface area (Å²) in [4.78, 5) is 23.6. The van der Waals surface area contributed by atoms with Gasteiger partial charge in [-0.05, 0) is 19.8 Å². The summed E-state index contributed by atoms with van der Waals surface area (Å²) in [5.74, 6) is 0. The molecule has 0 radical (unpaired) electrons. The highest BCUT2D eigenvalue weighted by Gasteiger charge is 2.27. The van der Waals surface area contributed by atoms with E-state index in [0.717, 1.165) is 17.4 Å². The Morgan fingerprint density at radius 2 is 2.17 bits per heavy atom. The maximum Gasteiger partial charge on any atom is 0.332 e. The fourth-order valence-corrected chi connectivity index (χ4v) is 2.25. The third-order valence-electron chi connectivity index (χ3n) is 3.23. The quantitative estimate of drug-likeness (QED) is 0.772. The minimum atomic E-state index is -0.339. The van der Waals surface area contributed by atoms with E-state index in [1.165, 1.54) is 11.6 Å². The Morgan fingerprint density at radius 1 is 1.44 bits per heavy atom. The molecule has 0 N–H and O–H groups in total. The fraction of sp³-hybridized carbons (Fsp3) is 0.667. The third-order valence-corrected chi connectivity index (χ3v) is 3.23. The van der Waals surface area contributed by atoms with Crippen LogP contribution < -0.4 is 11.2 Å². The first-order valence-corrected chi connectivity index (χ1v) is 5.97. The molecule has 18 heavy (non-hydrogen) atoms. The summed E-state index contributed by atoms with van der Waals surface area (Å²) in [5, 5.41) is 0. The van der Waals surface area contributed by atoms with Gasteiger partial charge in [0.15, 0.2) is 0 Å². The number of nitrogens with zero attached hydrogens (tertiary/aromatic N) is 2. The molecule has 2 atom stereocenters. The Morgan fingerprint density at radius 3 is 2.83 bits per heavy atom. The molecule has 0 aliphatic carbocycles. The first-order valence-electron chi connectivity index (χ1n) is 5.97. The molecule has 1 saturated heterocycles. The zero-order valence-electron chi connectivity index (χ0n) is 10.9. The van der Waals surface area contributed by atoms with Crippen molar-refractivity contribution in [2.75, 3.05) is 13.7 Å². The highest BCUT2D eigenvalue weighted by molar-refractivity contribution is 5.03. The monoisotopic (exact) mass is 254 g/mol. The highest BCUT2D eigenvalue weighted by Crippen LogP contribution is 2.26. The SMILES string of the molecule is COC[C@@H]1CC[C@H](n2cc(C)c(=O)n(C)c2=O)O1. The van der Waals surface area contributed by atoms with Crippen molar-refractivity contribution in [3.63, 3.8) is 0 Å². The predicted molar refractivity (Wildman–Crippen MR) is 65.7 cm³/mol. The van der Waals surface area contributed by atoms with Gasteiger partial charge in [-0.1, -0.05) is 0 Å². The summed E-state index contributed by atoms with van der Waals surface area (Å²) >= 11 is 0. The topological polar surface area (TPSA) is 62.5 Å². The smallest absolute Gasteiger partial charge is 0.332 e. The van der Waals surface area contributed by atoms with E-state index in [0.29, 0.717) is 12.2 Å². The number of hydrogen-bond acceptors (Lipinski definition) is 4. The van der Waals surface area contributed by atoms with E-state index in [-0.39, 0.29) is 23.6 Å². The summed E-state index contributed by atoms with van der Waals surface area (Å²) in [5.41, 5.74) is -0.0627. The molecule has 1 aliphatic heterocycles. The molecule has 1 aliphatic rings. The summed E-state index contributed by atoms with van der Waals surface area (Å²) in [6, 6.07) is 0. The van der Waals surface area contributed by atoms with Crippen LogP contribution in [0.2, 0.25) is 0 Å². The lowest BCUT2D eigenvalue weighted by Crippen LogP contribution is -2.40. The van der Waals surface area contributed by atoms with E-state index in [2.05, 4.69) is 0 Å². The van der Waals surface area contributed by atoms with Crippen molar-refractivity contribution >= 4 is 0 Å². The van der Waals surface area contributed by atoms with Gasteiger partial charge in [-0.15, -0.1) is 0 Å². The second-order valence-electron chi connectivity index (χ2n) is 4.61. The van der Waals surface area contributed by atoms with Crippen LogP contribution in [0.5, 0.6) is 0 Å². The van der Waals surface area contributed by atoms with E-state index >= 15 is 0 Å². The van der Waals surface area contributed by atoms with Gasteiger partial charge in [-0.3, -0.25) is 13.9 Å². The van der Waals surface area contributed by atoms with Crippen LogP contribution in [-0.4, -0.2) is 29.0 Å². The van der Waals surface area contributed by atoms with Gasteiger partial charge in [0.25, 0.3) is 5.56 Å². The van der Waals surface area contributed by atoms with Crippen LogP contribution in [0.25, 0.3) is 0 Å². The van der Waals surface area contributed by atoms with Crippen molar-refractivity contribution in [3.8, 4) is 0 Å². The highest BCUT2D eigenvalue weighted by atomic mass is 16.5. The molecular formula is C12H18N2O4. The van der Waals surface area contributed by atoms with Crippen molar-refractivity contribution < 1.29 is 9.47 Å². The molecule has 6 heteroatoms. The Bertz CT molecular complexity index is 546. The number of rotatable bonds is 3. The first-order chi connectivity index (χ1) is 8.54. The van der Waals surface area contributed by atoms with Gasteiger partial charge in [-0.2, -0.15) is 0 Å². The standard InChI is InChI=1S/C12H18N2O4/c1-8-6-14(12(16)13(2)11(8)15)10-5-4-9(18-10)7-17-3/h6,9-10H,4-5,7H2,1-3H3/t9-,10+/m0/s1. The summed E-state index contributed by atoms with van der Waals surface area (Å²) in [6.07, 6.45) is 2.90. The Labute approximate surface area is 105 Å². The van der Waals surface area contributed by atoms with Gasteiger partial charge in [0, 0.05) is 25.9 Å². The number of aryl methyl sites for hydroxylation is 1. The van der Waals surface area contributed by atoms with Crippen LogP contribution in [0.4, 0.5) is 0 Å². The Hall–Kier alpha value is -1.40. The molecule has 2 heterocycles. The number of aromatic nitrogens is 2. The van der Waals surface area contributed by atoms with Crippen LogP contribution in [-0.2, 0) is 16.5 Å². The summed E-state index contributed by atoms with van der Waals surface area (Å²) in [6.45, 7) is 2.22. The molecule has 0 unspecified atom stereocenters. The molecule has 0 spiro atoms. The Kier molecular flexibility index (Phi) is 3.68. The van der Waals surface area contributed by atoms with Gasteiger partial charge in [-0.25, -0.2) is 4.79 Å². The lowest BCUT2D eigenvalue weighted by molar-refractivity contribution is -0.0340. The van der Waals surface area contributed by atoms with E-state index in [9.17, 15) is 9.59 Å². The normalized spacial score (nSPS) is 23.5. The molecule has 0 amide bonds. The third kappa shape index (κ3) is 2.26. The molecule has 100 valence electrons. The predicted octanol–water partition coefficient (Wildman–Crippen LogP) is 0.179. The van der Waals surface area contributed by atoms with Crippen LogP contribution >= 0.6 is 0 Å². The zero-order chi connectivity index (χ0) is 13.3. The zero-order valence-corrected chi connectivity index (χ0v) is 10.9. The van der Waals surface area contributed by atoms with Crippen LogP contribution in [0, 0.1) is 6.92 Å². The second-order valence-corrected chi connectivity index (χ2v) is 4.61. The van der Waals surface area contributed by atoms with Crippen LogP contribution in [0.3, 0.4) is 0 Å². The second kappa shape index (κ2) is 5.07. The molecule has 0 saturated carbocycles. The summed E-state index contributed by atoms with van der Waals surface area (Å²) < 4.78 is 13.4. The van der Waals surface area contributed by atoms with E-state index in [1.54, 1.807) is 20.2 Å². The molecule has 1 aromatic rings. The van der Waals surface area contributed by atoms with Crippen molar-refractivity contribution in [1.82, 2.24) is 9.13 Å². The number of hydrogen-bond donors (Lipinski definition) is 0. The number of methoxy groups -OCH3 is 1. The lowest BCUT2D eigenvalue weighted by atomic mass is 10.2. The van der Waals surface area contributed by atoms with E-state index < -0.39 is 0 Å². The molecular weight excluding hydrogens is 236 g/mol. The van der Waals surface area contributed by atoms with Crippen molar-refractivity contribution in [2.24, 2.45) is 7.05 Å². The van der Waals surface area contributed by atoms with Crippen LogP contribution in [0.15, 0.2) is 15.8 Å². The molecule has 2 rings (SSSR count). The van der Waals surface area contributed by atoms with Gasteiger partial charge in [0.2, 0.25) is 0 Å².